The molecule has 1 amide bonds. The molecule has 0 unspecified atom stereocenters. The van der Waals surface area contributed by atoms with Crippen molar-refractivity contribution >= 4 is 18.0 Å². The van der Waals surface area contributed by atoms with Crippen LogP contribution in [0.3, 0.4) is 0 Å². The van der Waals surface area contributed by atoms with E-state index < -0.39 is 30.4 Å². The Bertz CT molecular complexity index is 449. The molecule has 0 aliphatic heterocycles. The van der Waals surface area contributed by atoms with Gasteiger partial charge in [-0.15, -0.1) is 0 Å². The Morgan fingerprint density at radius 1 is 1.04 bits per heavy atom. The Morgan fingerprint density at radius 3 is 2.12 bits per heavy atom. The maximum atomic E-state index is 12.2. The third-order valence-electron chi connectivity index (χ3n) is 3.95. The molecule has 152 valence electrons. The van der Waals surface area contributed by atoms with Crippen molar-refractivity contribution in [1.29, 1.82) is 0 Å². The first kappa shape index (κ1) is 24.2. The Balaban J connectivity index is 4.77. The lowest BCUT2D eigenvalue weighted by Crippen LogP contribution is -2.41. The largest absolute Gasteiger partial charge is 0.481 e. The molecular weight excluding hydrogens is 338 g/mol. The molecule has 0 aromatic carbocycles. The molecular formula is C19H35NO6. The molecule has 0 saturated heterocycles. The second-order valence-corrected chi connectivity index (χ2v) is 7.53. The van der Waals surface area contributed by atoms with E-state index in [4.69, 9.17) is 14.6 Å². The van der Waals surface area contributed by atoms with Gasteiger partial charge in [0.25, 0.3) is 6.29 Å². The maximum Gasteiger partial charge on any atom is 0.410 e. The van der Waals surface area contributed by atoms with Gasteiger partial charge in [0, 0.05) is 12.0 Å². The minimum absolute atomic E-state index is 0.177. The molecule has 0 aliphatic carbocycles. The average Bonchev–Trinajstić information content (AvgIpc) is 2.50. The molecule has 0 aromatic rings. The van der Waals surface area contributed by atoms with Crippen molar-refractivity contribution in [3.05, 3.63) is 0 Å². The van der Waals surface area contributed by atoms with E-state index in [1.54, 1.807) is 27.7 Å². The zero-order valence-electron chi connectivity index (χ0n) is 16.9. The van der Waals surface area contributed by atoms with Crippen molar-refractivity contribution < 1.29 is 29.0 Å². The first-order valence-electron chi connectivity index (χ1n) is 9.46. The van der Waals surface area contributed by atoms with E-state index >= 15 is 0 Å². The lowest BCUT2D eigenvalue weighted by Gasteiger charge is -2.25. The lowest BCUT2D eigenvalue weighted by atomic mass is 9.95. The van der Waals surface area contributed by atoms with Crippen LogP contribution in [0.15, 0.2) is 0 Å². The van der Waals surface area contributed by atoms with Crippen LogP contribution in [-0.4, -0.2) is 35.5 Å². The van der Waals surface area contributed by atoms with Crippen LogP contribution in [0.25, 0.3) is 0 Å². The standard InChI is InChI=1S/C19H35NO6/c1-7-8-9-14(6)10-15(11-16(21)22)20-19(24)26-18(13(4)5)25-17(23)12(2)3/h12-15,18H,7-11H2,1-6H3,(H,20,24)(H,21,22)/t14-,15+,18-/m1/s1. The van der Waals surface area contributed by atoms with Crippen LogP contribution in [0.5, 0.6) is 0 Å². The lowest BCUT2D eigenvalue weighted by molar-refractivity contribution is -0.178. The van der Waals surface area contributed by atoms with E-state index in [2.05, 4.69) is 12.2 Å². The number of amides is 1. The number of nitrogens with one attached hydrogen (secondary N) is 1. The Labute approximate surface area is 156 Å². The molecule has 7 heteroatoms. The number of hydrogen-bond acceptors (Lipinski definition) is 5. The summed E-state index contributed by atoms with van der Waals surface area (Å²) in [7, 11) is 0. The normalized spacial score (nSPS) is 14.6. The van der Waals surface area contributed by atoms with Crippen molar-refractivity contribution in [2.24, 2.45) is 17.8 Å². The number of rotatable bonds is 12. The van der Waals surface area contributed by atoms with Gasteiger partial charge in [0.05, 0.1) is 12.3 Å². The number of carboxylic acid groups (broad SMARTS) is 1. The van der Waals surface area contributed by atoms with Crippen LogP contribution in [-0.2, 0) is 19.1 Å². The minimum Gasteiger partial charge on any atom is -0.481 e. The monoisotopic (exact) mass is 373 g/mol. The van der Waals surface area contributed by atoms with Crippen LogP contribution in [0.1, 0.15) is 73.6 Å². The molecule has 0 aliphatic rings. The number of carbonyl (C=O) groups excluding carboxylic acids is 2. The first-order valence-corrected chi connectivity index (χ1v) is 9.46. The number of esters is 1. The second-order valence-electron chi connectivity index (χ2n) is 7.53. The summed E-state index contributed by atoms with van der Waals surface area (Å²) in [6.45, 7) is 11.1. The van der Waals surface area contributed by atoms with Gasteiger partial charge in [-0.1, -0.05) is 60.8 Å². The van der Waals surface area contributed by atoms with E-state index in [0.717, 1.165) is 19.3 Å². The second kappa shape index (κ2) is 12.5. The molecule has 0 saturated carbocycles. The molecule has 0 spiro atoms. The number of carboxylic acids is 1. The van der Waals surface area contributed by atoms with Gasteiger partial charge in [0.2, 0.25) is 0 Å². The predicted octanol–water partition coefficient (Wildman–Crippen LogP) is 3.95. The third-order valence-corrected chi connectivity index (χ3v) is 3.95. The molecule has 3 atom stereocenters. The number of aliphatic carboxylic acids is 1. The van der Waals surface area contributed by atoms with Crippen molar-refractivity contribution in [3.63, 3.8) is 0 Å². The van der Waals surface area contributed by atoms with E-state index in [9.17, 15) is 14.4 Å². The summed E-state index contributed by atoms with van der Waals surface area (Å²) in [5.74, 6) is -1.69. The maximum absolute atomic E-state index is 12.2. The quantitative estimate of drug-likeness (QED) is 0.397. The molecule has 2 N–H and O–H groups in total. The highest BCUT2D eigenvalue weighted by molar-refractivity contribution is 5.73. The van der Waals surface area contributed by atoms with E-state index in [1.807, 2.05) is 6.92 Å². The Kier molecular flexibility index (Phi) is 11.7. The number of hydrogen-bond donors (Lipinski definition) is 2. The smallest absolute Gasteiger partial charge is 0.410 e. The molecule has 26 heavy (non-hydrogen) atoms. The summed E-state index contributed by atoms with van der Waals surface area (Å²) in [4.78, 5) is 35.0. The molecule has 0 heterocycles. The van der Waals surface area contributed by atoms with Gasteiger partial charge in [0.1, 0.15) is 0 Å². The number of ether oxygens (including phenoxy) is 2. The Morgan fingerprint density at radius 2 is 1.65 bits per heavy atom. The van der Waals surface area contributed by atoms with Crippen molar-refractivity contribution in [1.82, 2.24) is 5.32 Å². The van der Waals surface area contributed by atoms with Gasteiger partial charge in [-0.25, -0.2) is 4.79 Å². The topological polar surface area (TPSA) is 102 Å². The fraction of sp³-hybridized carbons (Fsp3) is 0.842. The molecule has 0 bridgehead atoms. The van der Waals surface area contributed by atoms with Crippen LogP contribution in [0.2, 0.25) is 0 Å². The van der Waals surface area contributed by atoms with Crippen LogP contribution < -0.4 is 5.32 Å². The molecule has 7 nitrogen and oxygen atoms in total. The number of carbonyl (C=O) groups is 3. The van der Waals surface area contributed by atoms with Gasteiger partial charge in [-0.2, -0.15) is 0 Å². The fourth-order valence-electron chi connectivity index (χ4n) is 2.41. The predicted molar refractivity (Wildman–Crippen MR) is 98.5 cm³/mol. The zero-order chi connectivity index (χ0) is 20.3. The summed E-state index contributed by atoms with van der Waals surface area (Å²) in [6.07, 6.45) is 1.71. The summed E-state index contributed by atoms with van der Waals surface area (Å²) in [5.41, 5.74) is 0. The van der Waals surface area contributed by atoms with Crippen molar-refractivity contribution in [3.8, 4) is 0 Å². The molecule has 0 radical (unpaired) electrons. The third kappa shape index (κ3) is 10.9. The van der Waals surface area contributed by atoms with Gasteiger partial charge in [0.15, 0.2) is 0 Å². The summed E-state index contributed by atoms with van der Waals surface area (Å²) in [5, 5.41) is 11.7. The SMILES string of the molecule is CCCC[C@@H](C)C[C@@H](CC(=O)O)NC(=O)O[C@@H](OC(=O)C(C)C)C(C)C. The van der Waals surface area contributed by atoms with Gasteiger partial charge in [-0.3, -0.25) is 9.59 Å². The highest BCUT2D eigenvalue weighted by Gasteiger charge is 2.26. The van der Waals surface area contributed by atoms with Crippen molar-refractivity contribution in [2.45, 2.75) is 86.0 Å². The molecule has 0 fully saturated rings. The number of alkyl carbamates (subject to hydrolysis) is 1. The van der Waals surface area contributed by atoms with Crippen LogP contribution >= 0.6 is 0 Å². The number of unbranched alkanes of at least 4 members (excludes halogenated alkanes) is 1. The van der Waals surface area contributed by atoms with E-state index in [1.165, 1.54) is 0 Å². The van der Waals surface area contributed by atoms with Crippen molar-refractivity contribution in [2.75, 3.05) is 0 Å². The average molecular weight is 373 g/mol. The van der Waals surface area contributed by atoms with E-state index in [0.29, 0.717) is 12.3 Å². The summed E-state index contributed by atoms with van der Waals surface area (Å²) < 4.78 is 10.4. The molecule has 0 rings (SSSR count). The van der Waals surface area contributed by atoms with Crippen LogP contribution in [0, 0.1) is 17.8 Å². The minimum atomic E-state index is -1.01. The summed E-state index contributed by atoms with van der Waals surface area (Å²) in [6, 6.07) is -0.527. The van der Waals surface area contributed by atoms with Gasteiger partial charge in [-0.05, 0) is 12.3 Å². The van der Waals surface area contributed by atoms with E-state index in [-0.39, 0.29) is 18.3 Å². The first-order chi connectivity index (χ1) is 12.1. The highest BCUT2D eigenvalue weighted by atomic mass is 16.7. The zero-order valence-corrected chi connectivity index (χ0v) is 16.9. The fourth-order valence-corrected chi connectivity index (χ4v) is 2.41. The van der Waals surface area contributed by atoms with Crippen LogP contribution in [0.4, 0.5) is 4.79 Å². The summed E-state index contributed by atoms with van der Waals surface area (Å²) >= 11 is 0. The van der Waals surface area contributed by atoms with Gasteiger partial charge < -0.3 is 19.9 Å². The van der Waals surface area contributed by atoms with Gasteiger partial charge >= 0.3 is 18.0 Å². The molecule has 0 aromatic heterocycles. The Hall–Kier alpha value is -1.79. The highest BCUT2D eigenvalue weighted by Crippen LogP contribution is 2.17.